The summed E-state index contributed by atoms with van der Waals surface area (Å²) in [5.41, 5.74) is 1.54. The van der Waals surface area contributed by atoms with E-state index in [1.54, 1.807) is 41.5 Å². The van der Waals surface area contributed by atoms with E-state index in [0.29, 0.717) is 9.75 Å². The van der Waals surface area contributed by atoms with Gasteiger partial charge in [-0.1, -0.05) is 70.7 Å². The number of piperazine rings is 2. The van der Waals surface area contributed by atoms with E-state index < -0.39 is 48.3 Å². The van der Waals surface area contributed by atoms with Crippen molar-refractivity contribution in [3.8, 4) is 27.3 Å². The zero-order chi connectivity index (χ0) is 46.6. The zero-order valence-electron chi connectivity index (χ0n) is 34.4. The molecule has 2 atom stereocenters. The van der Waals surface area contributed by atoms with Crippen molar-refractivity contribution >= 4 is 105 Å². The molecule has 0 spiro atoms. The van der Waals surface area contributed by atoms with E-state index in [0.717, 1.165) is 0 Å². The lowest BCUT2D eigenvalue weighted by Crippen LogP contribution is -2.58. The maximum absolute atomic E-state index is 14.1. The Morgan fingerprint density at radius 2 is 1.14 bits per heavy atom. The first kappa shape index (κ1) is 50.3. The van der Waals surface area contributed by atoms with Crippen LogP contribution in [0.2, 0.25) is 25.5 Å². The molecule has 0 bridgehead atoms. The number of nitrogens with zero attached hydrogens (tertiary/aromatic N) is 10. The first-order chi connectivity index (χ1) is 29.5. The minimum atomic E-state index is -2.80. The lowest BCUT2D eigenvalue weighted by molar-refractivity contribution is 0.0107. The molecule has 0 N–H and O–H groups in total. The van der Waals surface area contributed by atoms with Gasteiger partial charge in [-0.05, 0) is 41.5 Å². The molecular formula is C37H41Cl5F4N10O5S2. The number of carbonyl (C=O) groups excluding carboxylic acids is 2. The number of anilines is 2. The predicted molar refractivity (Wildman–Crippen MR) is 237 cm³/mol. The number of alkyl halides is 4. The van der Waals surface area contributed by atoms with Crippen LogP contribution in [0.3, 0.4) is 0 Å². The molecule has 0 saturated carbocycles. The van der Waals surface area contributed by atoms with E-state index in [1.165, 1.54) is 59.4 Å². The number of aromatic nitrogens is 6. The third-order valence-corrected chi connectivity index (χ3v) is 12.1. The van der Waals surface area contributed by atoms with Crippen LogP contribution in [0.1, 0.15) is 41.5 Å². The predicted octanol–water partition coefficient (Wildman–Crippen LogP) is 10.4. The Morgan fingerprint density at radius 3 is 1.52 bits per heavy atom. The van der Waals surface area contributed by atoms with Crippen molar-refractivity contribution < 1.29 is 41.4 Å². The maximum Gasteiger partial charge on any atom is 0.410 e. The van der Waals surface area contributed by atoms with Crippen LogP contribution in [-0.2, 0) is 9.47 Å². The maximum atomic E-state index is 14.1. The fourth-order valence-corrected chi connectivity index (χ4v) is 8.43. The Hall–Kier alpha value is -3.73. The largest absolute Gasteiger partial charge is 0.472 e. The van der Waals surface area contributed by atoms with Crippen molar-refractivity contribution in [1.82, 2.24) is 39.7 Å². The van der Waals surface area contributed by atoms with E-state index in [1.807, 2.05) is 0 Å². The van der Waals surface area contributed by atoms with Crippen LogP contribution in [0.25, 0.3) is 21.4 Å². The molecule has 63 heavy (non-hydrogen) atoms. The molecule has 2 aliphatic heterocycles. The number of hydrogen-bond acceptors (Lipinski definition) is 15. The third-order valence-electron chi connectivity index (χ3n) is 8.66. The smallest absolute Gasteiger partial charge is 0.410 e. The van der Waals surface area contributed by atoms with E-state index in [-0.39, 0.29) is 101 Å². The summed E-state index contributed by atoms with van der Waals surface area (Å²) in [5, 5.41) is 0.159. The minimum Gasteiger partial charge on any atom is -0.472 e. The first-order valence-electron chi connectivity index (χ1n) is 18.8. The molecule has 344 valence electrons. The van der Waals surface area contributed by atoms with Gasteiger partial charge >= 0.3 is 12.2 Å². The first-order valence-corrected chi connectivity index (χ1v) is 22.4. The molecule has 26 heteroatoms. The second-order valence-electron chi connectivity index (χ2n) is 15.6. The summed E-state index contributed by atoms with van der Waals surface area (Å²) in [7, 11) is 0. The SMILES string of the molecule is C=CCOc1nc(-c2scnc2Cl)nc(N2CCN(C(=O)OC(C)(C)C)CC2C(F)F)c1Cl.CC(C)(C)OC(=O)N1CCN(c2nc(-c3scnc3Cl)nc(Cl)c2Cl)C(C(F)F)C1. The van der Waals surface area contributed by atoms with Crippen LogP contribution >= 0.6 is 80.7 Å². The van der Waals surface area contributed by atoms with Crippen LogP contribution in [-0.4, -0.2) is 134 Å². The summed E-state index contributed by atoms with van der Waals surface area (Å²) < 4.78 is 72.3. The highest BCUT2D eigenvalue weighted by molar-refractivity contribution is 7.14. The summed E-state index contributed by atoms with van der Waals surface area (Å²) in [4.78, 5) is 55.9. The number of halogens is 9. The van der Waals surface area contributed by atoms with Crippen LogP contribution in [0.15, 0.2) is 23.7 Å². The number of thiazole rings is 2. The Balaban J connectivity index is 0.000000239. The fraction of sp³-hybridized carbons (Fsp3) is 0.514. The van der Waals surface area contributed by atoms with Crippen LogP contribution in [0, 0.1) is 0 Å². The Labute approximate surface area is 393 Å². The minimum absolute atomic E-state index is 0.00335. The van der Waals surface area contributed by atoms with Gasteiger partial charge in [0.25, 0.3) is 12.9 Å². The highest BCUT2D eigenvalue weighted by Gasteiger charge is 2.41. The number of amides is 2. The molecule has 2 aliphatic rings. The molecule has 15 nitrogen and oxygen atoms in total. The van der Waals surface area contributed by atoms with Gasteiger partial charge in [-0.3, -0.25) is 0 Å². The molecule has 6 heterocycles. The summed E-state index contributed by atoms with van der Waals surface area (Å²) >= 11 is 33.4. The van der Waals surface area contributed by atoms with Gasteiger partial charge in [0, 0.05) is 26.2 Å². The number of carbonyl (C=O) groups is 2. The van der Waals surface area contributed by atoms with Crippen molar-refractivity contribution in [3.05, 3.63) is 49.2 Å². The van der Waals surface area contributed by atoms with Gasteiger partial charge in [-0.25, -0.2) is 52.1 Å². The van der Waals surface area contributed by atoms with Crippen LogP contribution in [0.5, 0.6) is 5.88 Å². The van der Waals surface area contributed by atoms with Crippen molar-refractivity contribution in [2.75, 3.05) is 55.7 Å². The van der Waals surface area contributed by atoms with Gasteiger partial charge in [0.05, 0.1) is 24.1 Å². The van der Waals surface area contributed by atoms with E-state index >= 15 is 0 Å². The monoisotopic (exact) mass is 1020 g/mol. The Morgan fingerprint density at radius 1 is 0.714 bits per heavy atom. The van der Waals surface area contributed by atoms with Crippen LogP contribution in [0.4, 0.5) is 38.8 Å². The lowest BCUT2D eigenvalue weighted by Gasteiger charge is -2.42. The standard InChI is InChI=1S/C20H23Cl2F2N5O3S.C17H18Cl3F2N5O2S/c1-5-8-31-18-12(21)17(26-16(27-18)13-14(22)25-10-33-13)29-7-6-28(9-11(29)15(23)24)19(30)32-20(2,3)4;1-17(2,3)29-16(28)26-4-5-27(8(6-26)13(21)22)15-9(18)11(19)24-14(25-15)10-12(20)23-7-30-10/h5,10-11,15H,1,6-9H2,2-4H3;7-8,13H,4-6H2,1-3H3. The molecule has 0 aliphatic carbocycles. The summed E-state index contributed by atoms with van der Waals surface area (Å²) in [6, 6.07) is -2.74. The number of hydrogen-bond donors (Lipinski definition) is 0. The fourth-order valence-electron chi connectivity index (χ4n) is 5.96. The molecule has 2 amide bonds. The van der Waals surface area contributed by atoms with Crippen LogP contribution < -0.4 is 14.5 Å². The van der Waals surface area contributed by atoms with E-state index in [2.05, 4.69) is 36.5 Å². The van der Waals surface area contributed by atoms with Gasteiger partial charge < -0.3 is 33.8 Å². The second-order valence-corrected chi connectivity index (χ2v) is 19.1. The molecule has 0 radical (unpaired) electrons. The lowest BCUT2D eigenvalue weighted by atomic mass is 10.1. The normalized spacial score (nSPS) is 17.2. The number of rotatable bonds is 9. The average molecular weight is 1020 g/mol. The van der Waals surface area contributed by atoms with Gasteiger partial charge in [0.15, 0.2) is 38.7 Å². The second kappa shape index (κ2) is 21.1. The molecule has 4 aromatic heterocycles. The van der Waals surface area contributed by atoms with Gasteiger partial charge in [-0.15, -0.1) is 22.7 Å². The van der Waals surface area contributed by atoms with E-state index in [9.17, 15) is 27.2 Å². The van der Waals surface area contributed by atoms with Gasteiger partial charge in [0.2, 0.25) is 5.88 Å². The molecule has 2 fully saturated rings. The highest BCUT2D eigenvalue weighted by Crippen LogP contribution is 2.40. The molecule has 0 aromatic carbocycles. The number of ether oxygens (including phenoxy) is 3. The van der Waals surface area contributed by atoms with Crippen molar-refractivity contribution in [2.24, 2.45) is 0 Å². The molecule has 6 rings (SSSR count). The summed E-state index contributed by atoms with van der Waals surface area (Å²) in [6.07, 6.45) is -5.39. The van der Waals surface area contributed by atoms with Gasteiger partial charge in [-0.2, -0.15) is 4.98 Å². The van der Waals surface area contributed by atoms with Gasteiger partial charge in [0.1, 0.15) is 49.7 Å². The topological polar surface area (TPSA) is 152 Å². The van der Waals surface area contributed by atoms with Crippen molar-refractivity contribution in [2.45, 2.75) is 77.7 Å². The molecular weight excluding hydrogens is 982 g/mol. The van der Waals surface area contributed by atoms with Crippen molar-refractivity contribution in [1.29, 1.82) is 0 Å². The Bertz CT molecular complexity index is 2270. The van der Waals surface area contributed by atoms with Crippen molar-refractivity contribution in [3.63, 3.8) is 0 Å². The quantitative estimate of drug-likeness (QED) is 0.0889. The zero-order valence-corrected chi connectivity index (χ0v) is 39.8. The summed E-state index contributed by atoms with van der Waals surface area (Å²) in [5.74, 6) is 0.381. The average Bonchev–Trinajstić information content (AvgIpc) is 3.84. The molecule has 4 aromatic rings. The Kier molecular flexibility index (Phi) is 16.8. The molecule has 2 unspecified atom stereocenters. The molecule has 2 saturated heterocycles. The third kappa shape index (κ3) is 12.8. The summed E-state index contributed by atoms with van der Waals surface area (Å²) in [6.45, 7) is 13.8. The highest BCUT2D eigenvalue weighted by atomic mass is 35.5. The van der Waals surface area contributed by atoms with E-state index in [4.69, 9.17) is 72.2 Å².